The van der Waals surface area contributed by atoms with E-state index in [0.717, 1.165) is 22.5 Å². The molecule has 0 aliphatic carbocycles. The topological polar surface area (TPSA) is 74.0 Å². The maximum absolute atomic E-state index is 11.7. The van der Waals surface area contributed by atoms with Gasteiger partial charge in [0.1, 0.15) is 12.1 Å². The van der Waals surface area contributed by atoms with Crippen LogP contribution in [0.4, 0.5) is 0 Å². The molecule has 1 unspecified atom stereocenters. The molecule has 120 valence electrons. The molecule has 2 heterocycles. The van der Waals surface area contributed by atoms with Crippen molar-refractivity contribution in [2.45, 2.75) is 31.4 Å². The van der Waals surface area contributed by atoms with Gasteiger partial charge in [-0.15, -0.1) is 0 Å². The van der Waals surface area contributed by atoms with E-state index in [0.29, 0.717) is 10.5 Å². The van der Waals surface area contributed by atoms with Crippen molar-refractivity contribution in [1.82, 2.24) is 14.5 Å². The number of benzene rings is 1. The molecule has 0 radical (unpaired) electrons. The number of fused-ring (bicyclic) bond motifs is 1. The maximum Gasteiger partial charge on any atom is 0.178 e. The number of imidazole rings is 1. The maximum atomic E-state index is 11.7. The Hall–Kier alpha value is -1.89. The third kappa shape index (κ3) is 2.85. The molecule has 0 fully saturated rings. The minimum atomic E-state index is -1.09. The molecule has 2 aromatic heterocycles. The van der Waals surface area contributed by atoms with Gasteiger partial charge in [-0.2, -0.15) is 0 Å². The second-order valence-electron chi connectivity index (χ2n) is 5.68. The van der Waals surface area contributed by atoms with Gasteiger partial charge in [-0.3, -0.25) is 0 Å². The fourth-order valence-electron chi connectivity index (χ4n) is 2.74. The highest BCUT2D eigenvalue weighted by Gasteiger charge is 2.19. The summed E-state index contributed by atoms with van der Waals surface area (Å²) in [6.07, 6.45) is 3.35. The lowest BCUT2D eigenvalue weighted by molar-refractivity contribution is 0.282. The van der Waals surface area contributed by atoms with Crippen molar-refractivity contribution in [3.05, 3.63) is 42.1 Å². The summed E-state index contributed by atoms with van der Waals surface area (Å²) in [5.74, 6) is 0.770. The molecule has 1 atom stereocenters. The first kappa shape index (κ1) is 16.0. The number of aliphatic hydroxyl groups excluding tert-OH is 1. The number of aliphatic hydroxyl groups is 1. The monoisotopic (exact) mass is 329 g/mol. The van der Waals surface area contributed by atoms with Crippen molar-refractivity contribution in [2.24, 2.45) is 0 Å². The lowest BCUT2D eigenvalue weighted by atomic mass is 10.1. The molecule has 1 aromatic carbocycles. The zero-order valence-corrected chi connectivity index (χ0v) is 14.2. The Labute approximate surface area is 138 Å². The average molecular weight is 329 g/mol. The summed E-state index contributed by atoms with van der Waals surface area (Å²) in [6, 6.07) is 9.56. The Morgan fingerprint density at radius 1 is 1.30 bits per heavy atom. The van der Waals surface area contributed by atoms with Crippen LogP contribution >= 0.6 is 0 Å². The predicted molar refractivity (Wildman–Crippen MR) is 91.6 cm³/mol. The Balaban J connectivity index is 2.26. The van der Waals surface area contributed by atoms with Crippen molar-refractivity contribution in [1.29, 1.82) is 0 Å². The van der Waals surface area contributed by atoms with E-state index in [1.165, 1.54) is 0 Å². The van der Waals surface area contributed by atoms with Crippen molar-refractivity contribution in [3.8, 4) is 11.4 Å². The van der Waals surface area contributed by atoms with E-state index >= 15 is 0 Å². The number of nitrogens with zero attached hydrogens (tertiary/aromatic N) is 3. The Morgan fingerprint density at radius 2 is 2.09 bits per heavy atom. The summed E-state index contributed by atoms with van der Waals surface area (Å²) >= 11 is -1.09. The molecular formula is C17H19N3O2S. The van der Waals surface area contributed by atoms with Crippen molar-refractivity contribution < 1.29 is 9.66 Å². The zero-order valence-electron chi connectivity index (χ0n) is 13.4. The molecule has 0 spiro atoms. The van der Waals surface area contributed by atoms with Crippen LogP contribution in [0.2, 0.25) is 0 Å². The summed E-state index contributed by atoms with van der Waals surface area (Å²) in [5, 5.41) is 9.74. The van der Waals surface area contributed by atoms with Crippen LogP contribution in [0.5, 0.6) is 0 Å². The first-order chi connectivity index (χ1) is 11.0. The van der Waals surface area contributed by atoms with E-state index in [-0.39, 0.29) is 12.6 Å². The van der Waals surface area contributed by atoms with Gasteiger partial charge >= 0.3 is 0 Å². The van der Waals surface area contributed by atoms with E-state index in [1.807, 2.05) is 24.3 Å². The molecule has 0 saturated carbocycles. The van der Waals surface area contributed by atoms with E-state index in [9.17, 15) is 9.66 Å². The van der Waals surface area contributed by atoms with E-state index < -0.39 is 11.2 Å². The molecule has 5 nitrogen and oxygen atoms in total. The van der Waals surface area contributed by atoms with Crippen LogP contribution in [0.3, 0.4) is 0 Å². The highest BCUT2D eigenvalue weighted by molar-refractivity contribution is 7.90. The standard InChI is InChI=1S/C17H19N3O2S/c1-11(2)20-15-5-4-8-18-16(15)19-17(20)14-7-6-13(23(3)22)9-12(14)10-21/h4-9,11,21H,10H2,1-3H3. The van der Waals surface area contributed by atoms with Crippen LogP contribution in [-0.4, -0.2) is 30.5 Å². The van der Waals surface area contributed by atoms with Gasteiger partial charge < -0.3 is 14.2 Å². The van der Waals surface area contributed by atoms with Gasteiger partial charge in [0.15, 0.2) is 10.5 Å². The van der Waals surface area contributed by atoms with Crippen LogP contribution in [-0.2, 0) is 17.8 Å². The van der Waals surface area contributed by atoms with E-state index in [1.54, 1.807) is 18.5 Å². The number of rotatable bonds is 4. The quantitative estimate of drug-likeness (QED) is 0.747. The molecule has 6 heteroatoms. The second kappa shape index (κ2) is 6.31. The van der Waals surface area contributed by atoms with Crippen LogP contribution in [0.1, 0.15) is 25.5 Å². The largest absolute Gasteiger partial charge is 0.612 e. The van der Waals surface area contributed by atoms with Crippen molar-refractivity contribution in [3.63, 3.8) is 0 Å². The normalized spacial score (nSPS) is 13.0. The van der Waals surface area contributed by atoms with Gasteiger partial charge in [0.2, 0.25) is 0 Å². The predicted octanol–water partition coefficient (Wildman–Crippen LogP) is 2.91. The molecule has 0 aliphatic heterocycles. The molecule has 3 rings (SSSR count). The molecule has 23 heavy (non-hydrogen) atoms. The molecule has 3 aromatic rings. The van der Waals surface area contributed by atoms with Crippen molar-refractivity contribution >= 4 is 22.3 Å². The Kier molecular flexibility index (Phi) is 4.39. The van der Waals surface area contributed by atoms with E-state index in [2.05, 4.69) is 28.4 Å². The van der Waals surface area contributed by atoms with Crippen molar-refractivity contribution in [2.75, 3.05) is 6.26 Å². The first-order valence-corrected chi connectivity index (χ1v) is 8.99. The summed E-state index contributed by atoms with van der Waals surface area (Å²) in [7, 11) is 0. The summed E-state index contributed by atoms with van der Waals surface area (Å²) < 4.78 is 13.8. The number of aromatic nitrogens is 3. The van der Waals surface area contributed by atoms with Gasteiger partial charge in [-0.05, 0) is 60.9 Å². The van der Waals surface area contributed by atoms with Crippen LogP contribution < -0.4 is 0 Å². The second-order valence-corrected chi connectivity index (χ2v) is 7.06. The lowest BCUT2D eigenvalue weighted by Crippen LogP contribution is -2.06. The average Bonchev–Trinajstić information content (AvgIpc) is 2.93. The van der Waals surface area contributed by atoms with Gasteiger partial charge in [0.25, 0.3) is 0 Å². The molecule has 0 aliphatic rings. The van der Waals surface area contributed by atoms with Crippen LogP contribution in [0.15, 0.2) is 41.4 Å². The number of hydrogen-bond acceptors (Lipinski definition) is 4. The van der Waals surface area contributed by atoms with Gasteiger partial charge in [0, 0.05) is 17.8 Å². The Morgan fingerprint density at radius 3 is 2.74 bits per heavy atom. The number of hydrogen-bond donors (Lipinski definition) is 1. The SMILES string of the molecule is CC(C)n1c(-c2ccc([S+](C)[O-])cc2CO)nc2ncccc21. The van der Waals surface area contributed by atoms with Crippen LogP contribution in [0, 0.1) is 0 Å². The summed E-state index contributed by atoms with van der Waals surface area (Å²) in [6.45, 7) is 4.05. The number of pyridine rings is 1. The highest BCUT2D eigenvalue weighted by atomic mass is 32.2. The Bertz CT molecular complexity index is 843. The fraction of sp³-hybridized carbons (Fsp3) is 0.294. The third-order valence-corrected chi connectivity index (χ3v) is 4.72. The van der Waals surface area contributed by atoms with Crippen LogP contribution in [0.25, 0.3) is 22.6 Å². The van der Waals surface area contributed by atoms with Gasteiger partial charge in [0.05, 0.1) is 12.1 Å². The van der Waals surface area contributed by atoms with Gasteiger partial charge in [-0.1, -0.05) is 0 Å². The molecule has 0 saturated heterocycles. The lowest BCUT2D eigenvalue weighted by Gasteiger charge is -2.15. The van der Waals surface area contributed by atoms with Gasteiger partial charge in [-0.25, -0.2) is 9.97 Å². The van der Waals surface area contributed by atoms with E-state index in [4.69, 9.17) is 0 Å². The fourth-order valence-corrected chi connectivity index (χ4v) is 3.31. The molecule has 0 amide bonds. The zero-order chi connectivity index (χ0) is 16.6. The summed E-state index contributed by atoms with van der Waals surface area (Å²) in [4.78, 5) is 9.68. The minimum Gasteiger partial charge on any atom is -0.612 e. The summed E-state index contributed by atoms with van der Waals surface area (Å²) in [5.41, 5.74) is 3.20. The third-order valence-electron chi connectivity index (χ3n) is 3.80. The minimum absolute atomic E-state index is 0.130. The molecular weight excluding hydrogens is 310 g/mol. The smallest absolute Gasteiger partial charge is 0.178 e. The molecule has 0 bridgehead atoms. The highest BCUT2D eigenvalue weighted by Crippen LogP contribution is 2.31. The molecule has 1 N–H and O–H groups in total. The first-order valence-electron chi connectivity index (χ1n) is 7.43.